The highest BCUT2D eigenvalue weighted by Crippen LogP contribution is 2.30. The molecule has 1 saturated heterocycles. The number of carboxylic acid groups (broad SMARTS) is 1. The zero-order valence-corrected chi connectivity index (χ0v) is 12.2. The van der Waals surface area contributed by atoms with Crippen LogP contribution in [-0.4, -0.2) is 35.7 Å². The number of ether oxygens (including phenoxy) is 1. The number of methoxy groups -OCH3 is 1. The van der Waals surface area contributed by atoms with Crippen molar-refractivity contribution in [2.75, 3.05) is 13.7 Å². The van der Waals surface area contributed by atoms with Crippen molar-refractivity contribution in [2.45, 2.75) is 26.4 Å². The first kappa shape index (κ1) is 14.6. The lowest BCUT2D eigenvalue weighted by atomic mass is 9.98. The molecule has 0 spiro atoms. The highest BCUT2D eigenvalue weighted by molar-refractivity contribution is 5.75. The van der Waals surface area contributed by atoms with Crippen LogP contribution in [0.15, 0.2) is 35.9 Å². The van der Waals surface area contributed by atoms with Crippen LogP contribution in [0.25, 0.3) is 0 Å². The van der Waals surface area contributed by atoms with Gasteiger partial charge in [0.05, 0.1) is 7.11 Å². The number of likely N-dealkylation sites (tertiary alicyclic amines) is 1. The van der Waals surface area contributed by atoms with Crippen molar-refractivity contribution in [1.82, 2.24) is 4.90 Å². The van der Waals surface area contributed by atoms with Gasteiger partial charge in [0.1, 0.15) is 11.8 Å². The fraction of sp³-hybridized carbons (Fsp3) is 0.438. The number of rotatable bonds is 4. The number of allylic oxidation sites excluding steroid dienone is 1. The van der Waals surface area contributed by atoms with Crippen LogP contribution in [0, 0.1) is 5.92 Å². The quantitative estimate of drug-likeness (QED) is 0.858. The molecule has 2 atom stereocenters. The van der Waals surface area contributed by atoms with Gasteiger partial charge in [-0.15, -0.1) is 0 Å². The SMILES string of the molecule is C/C=C1/CN(Cc2ccc(OC)cc2)[C@@H](C(=O)O)[C@H]1C. The minimum absolute atomic E-state index is 0.0655. The Labute approximate surface area is 119 Å². The van der Waals surface area contributed by atoms with Crippen molar-refractivity contribution in [2.24, 2.45) is 5.92 Å². The van der Waals surface area contributed by atoms with E-state index in [-0.39, 0.29) is 5.92 Å². The molecule has 1 aliphatic rings. The maximum atomic E-state index is 11.5. The normalized spacial score (nSPS) is 25.1. The lowest BCUT2D eigenvalue weighted by molar-refractivity contribution is -0.143. The second-order valence-electron chi connectivity index (χ2n) is 5.19. The van der Waals surface area contributed by atoms with E-state index in [0.29, 0.717) is 6.54 Å². The predicted octanol–water partition coefficient (Wildman–Crippen LogP) is 2.55. The summed E-state index contributed by atoms with van der Waals surface area (Å²) >= 11 is 0. The van der Waals surface area contributed by atoms with Crippen LogP contribution in [-0.2, 0) is 11.3 Å². The topological polar surface area (TPSA) is 49.8 Å². The van der Waals surface area contributed by atoms with Crippen molar-refractivity contribution < 1.29 is 14.6 Å². The van der Waals surface area contributed by atoms with Crippen LogP contribution in [0.5, 0.6) is 5.75 Å². The molecule has 0 bridgehead atoms. The fourth-order valence-electron chi connectivity index (χ4n) is 2.84. The van der Waals surface area contributed by atoms with E-state index in [4.69, 9.17) is 4.74 Å². The number of aliphatic carboxylic acids is 1. The second-order valence-corrected chi connectivity index (χ2v) is 5.19. The number of hydrogen-bond donors (Lipinski definition) is 1. The lowest BCUT2D eigenvalue weighted by Gasteiger charge is -2.22. The number of benzene rings is 1. The third-order valence-electron chi connectivity index (χ3n) is 4.01. The van der Waals surface area contributed by atoms with Crippen LogP contribution in [0.3, 0.4) is 0 Å². The second kappa shape index (κ2) is 6.09. The monoisotopic (exact) mass is 275 g/mol. The Bertz CT molecular complexity index is 507. The van der Waals surface area contributed by atoms with E-state index in [2.05, 4.69) is 0 Å². The van der Waals surface area contributed by atoms with Crippen LogP contribution >= 0.6 is 0 Å². The molecular formula is C16H21NO3. The van der Waals surface area contributed by atoms with Gasteiger partial charge in [-0.05, 0) is 24.6 Å². The largest absolute Gasteiger partial charge is 0.497 e. The molecule has 0 aromatic heterocycles. The molecule has 1 aromatic rings. The van der Waals surface area contributed by atoms with Gasteiger partial charge in [0.25, 0.3) is 0 Å². The van der Waals surface area contributed by atoms with Crippen molar-refractivity contribution in [3.05, 3.63) is 41.5 Å². The van der Waals surface area contributed by atoms with Gasteiger partial charge in [0.2, 0.25) is 0 Å². The van der Waals surface area contributed by atoms with Crippen LogP contribution in [0.4, 0.5) is 0 Å². The first-order chi connectivity index (χ1) is 9.56. The van der Waals surface area contributed by atoms with E-state index in [1.54, 1.807) is 7.11 Å². The molecule has 20 heavy (non-hydrogen) atoms. The molecule has 0 amide bonds. The minimum Gasteiger partial charge on any atom is -0.497 e. The standard InChI is InChI=1S/C16H21NO3/c1-4-13-10-17(15(11(13)2)16(18)19)9-12-5-7-14(20-3)8-6-12/h4-8,11,15H,9-10H2,1-3H3,(H,18,19)/b13-4-/t11-,15+/m0/s1. The van der Waals surface area contributed by atoms with Gasteiger partial charge in [-0.1, -0.05) is 30.7 Å². The van der Waals surface area contributed by atoms with E-state index in [1.807, 2.05) is 49.1 Å². The number of carboxylic acids is 1. The van der Waals surface area contributed by atoms with Gasteiger partial charge >= 0.3 is 5.97 Å². The maximum Gasteiger partial charge on any atom is 0.321 e. The highest BCUT2D eigenvalue weighted by atomic mass is 16.5. The minimum atomic E-state index is -0.747. The molecule has 2 rings (SSSR count). The van der Waals surface area contributed by atoms with E-state index in [9.17, 15) is 9.90 Å². The summed E-state index contributed by atoms with van der Waals surface area (Å²) in [6.07, 6.45) is 2.04. The average Bonchev–Trinajstić information content (AvgIpc) is 2.75. The van der Waals surface area contributed by atoms with Gasteiger partial charge in [-0.3, -0.25) is 9.69 Å². The Balaban J connectivity index is 2.16. The summed E-state index contributed by atoms with van der Waals surface area (Å²) in [5, 5.41) is 9.44. The number of carbonyl (C=O) groups is 1. The van der Waals surface area contributed by atoms with Gasteiger partial charge in [0, 0.05) is 19.0 Å². The summed E-state index contributed by atoms with van der Waals surface area (Å²) in [5.41, 5.74) is 2.30. The fourth-order valence-corrected chi connectivity index (χ4v) is 2.84. The molecule has 108 valence electrons. The predicted molar refractivity (Wildman–Crippen MR) is 77.7 cm³/mol. The van der Waals surface area contributed by atoms with Gasteiger partial charge in [0.15, 0.2) is 0 Å². The van der Waals surface area contributed by atoms with Crippen molar-refractivity contribution in [3.8, 4) is 5.75 Å². The maximum absolute atomic E-state index is 11.5. The zero-order valence-electron chi connectivity index (χ0n) is 12.2. The summed E-state index contributed by atoms with van der Waals surface area (Å²) < 4.78 is 5.13. The first-order valence-corrected chi connectivity index (χ1v) is 6.81. The third-order valence-corrected chi connectivity index (χ3v) is 4.01. The molecule has 0 radical (unpaired) electrons. The molecule has 1 heterocycles. The van der Waals surface area contributed by atoms with Crippen molar-refractivity contribution in [1.29, 1.82) is 0 Å². The van der Waals surface area contributed by atoms with Crippen molar-refractivity contribution >= 4 is 5.97 Å². The van der Waals surface area contributed by atoms with Crippen LogP contribution < -0.4 is 4.74 Å². The molecule has 1 fully saturated rings. The van der Waals surface area contributed by atoms with Gasteiger partial charge in [-0.2, -0.15) is 0 Å². The van der Waals surface area contributed by atoms with Crippen LogP contribution in [0.2, 0.25) is 0 Å². The summed E-state index contributed by atoms with van der Waals surface area (Å²) in [7, 11) is 1.63. The molecule has 1 N–H and O–H groups in total. The lowest BCUT2D eigenvalue weighted by Crippen LogP contribution is -2.38. The molecule has 0 aliphatic carbocycles. The Morgan fingerprint density at radius 3 is 2.60 bits per heavy atom. The Morgan fingerprint density at radius 2 is 2.10 bits per heavy atom. The Kier molecular flexibility index (Phi) is 4.45. The molecule has 0 saturated carbocycles. The number of hydrogen-bond acceptors (Lipinski definition) is 3. The van der Waals surface area contributed by atoms with E-state index in [0.717, 1.165) is 17.9 Å². The molecule has 1 aliphatic heterocycles. The van der Waals surface area contributed by atoms with E-state index >= 15 is 0 Å². The van der Waals surface area contributed by atoms with Gasteiger partial charge in [-0.25, -0.2) is 0 Å². The highest BCUT2D eigenvalue weighted by Gasteiger charge is 2.39. The molecule has 4 nitrogen and oxygen atoms in total. The first-order valence-electron chi connectivity index (χ1n) is 6.81. The smallest absolute Gasteiger partial charge is 0.321 e. The molecule has 1 aromatic carbocycles. The molecular weight excluding hydrogens is 254 g/mol. The number of nitrogens with zero attached hydrogens (tertiary/aromatic N) is 1. The molecule has 4 heteroatoms. The Hall–Kier alpha value is -1.81. The van der Waals surface area contributed by atoms with Crippen molar-refractivity contribution in [3.63, 3.8) is 0 Å². The summed E-state index contributed by atoms with van der Waals surface area (Å²) in [5.74, 6) is 0.131. The summed E-state index contributed by atoms with van der Waals surface area (Å²) in [6, 6.07) is 7.33. The third kappa shape index (κ3) is 2.85. The van der Waals surface area contributed by atoms with Crippen LogP contribution in [0.1, 0.15) is 19.4 Å². The van der Waals surface area contributed by atoms with E-state index < -0.39 is 12.0 Å². The average molecular weight is 275 g/mol. The molecule has 0 unspecified atom stereocenters. The van der Waals surface area contributed by atoms with Gasteiger partial charge < -0.3 is 9.84 Å². The zero-order chi connectivity index (χ0) is 14.7. The Morgan fingerprint density at radius 1 is 1.45 bits per heavy atom. The van der Waals surface area contributed by atoms with E-state index in [1.165, 1.54) is 5.57 Å². The summed E-state index contributed by atoms with van der Waals surface area (Å²) in [6.45, 7) is 5.33. The summed E-state index contributed by atoms with van der Waals surface area (Å²) in [4.78, 5) is 13.5.